The molecular weight excluding hydrogens is 348 g/mol. The van der Waals surface area contributed by atoms with E-state index in [9.17, 15) is 4.79 Å². The molecule has 1 aromatic heterocycles. The smallest absolute Gasteiger partial charge is 0.329 e. The number of aromatic nitrogens is 4. The Balaban J connectivity index is 1.42. The van der Waals surface area contributed by atoms with E-state index >= 15 is 0 Å². The Morgan fingerprint density at radius 2 is 1.70 bits per heavy atom. The monoisotopic (exact) mass is 368 g/mol. The number of ether oxygens (including phenoxy) is 3. The number of carbonyl (C=O) groups is 1. The first-order valence-corrected chi connectivity index (χ1v) is 8.41. The molecule has 0 bridgehead atoms. The summed E-state index contributed by atoms with van der Waals surface area (Å²) < 4.78 is 15.7. The van der Waals surface area contributed by atoms with Crippen molar-refractivity contribution in [1.82, 2.24) is 20.2 Å². The summed E-state index contributed by atoms with van der Waals surface area (Å²) in [7, 11) is 1.60. The van der Waals surface area contributed by atoms with E-state index in [1.54, 1.807) is 31.4 Å². The Hall–Kier alpha value is -3.42. The van der Waals surface area contributed by atoms with Crippen LogP contribution in [0.4, 0.5) is 0 Å². The van der Waals surface area contributed by atoms with Gasteiger partial charge in [-0.1, -0.05) is 29.8 Å². The van der Waals surface area contributed by atoms with Gasteiger partial charge in [-0.25, -0.2) is 4.79 Å². The number of esters is 1. The van der Waals surface area contributed by atoms with Crippen LogP contribution in [-0.2, 0) is 16.1 Å². The van der Waals surface area contributed by atoms with E-state index in [0.717, 1.165) is 16.9 Å². The molecule has 0 aliphatic rings. The zero-order valence-electron chi connectivity index (χ0n) is 15.2. The quantitative estimate of drug-likeness (QED) is 0.445. The Labute approximate surface area is 156 Å². The predicted molar refractivity (Wildman–Crippen MR) is 97.4 cm³/mol. The number of carbonyl (C=O) groups excluding carboxylic acids is 1. The molecule has 8 heteroatoms. The summed E-state index contributed by atoms with van der Waals surface area (Å²) in [6.07, 6.45) is 0. The fourth-order valence-electron chi connectivity index (χ4n) is 2.28. The third-order valence-corrected chi connectivity index (χ3v) is 3.71. The second kappa shape index (κ2) is 8.79. The number of tetrazole rings is 1. The molecule has 0 N–H and O–H groups in total. The number of nitrogens with zero attached hydrogens (tertiary/aromatic N) is 4. The van der Waals surface area contributed by atoms with E-state index in [4.69, 9.17) is 14.2 Å². The Bertz CT molecular complexity index is 875. The van der Waals surface area contributed by atoms with Crippen molar-refractivity contribution in [3.05, 3.63) is 54.1 Å². The summed E-state index contributed by atoms with van der Waals surface area (Å²) in [5, 5.41) is 12.0. The van der Waals surface area contributed by atoms with Crippen molar-refractivity contribution >= 4 is 5.97 Å². The van der Waals surface area contributed by atoms with E-state index in [-0.39, 0.29) is 19.8 Å². The first kappa shape index (κ1) is 18.4. The fourth-order valence-corrected chi connectivity index (χ4v) is 2.28. The van der Waals surface area contributed by atoms with Gasteiger partial charge in [-0.3, -0.25) is 0 Å². The van der Waals surface area contributed by atoms with Crippen LogP contribution in [0.25, 0.3) is 11.4 Å². The molecule has 0 spiro atoms. The third kappa shape index (κ3) is 5.27. The molecule has 0 fully saturated rings. The van der Waals surface area contributed by atoms with Crippen LogP contribution in [0.1, 0.15) is 5.56 Å². The summed E-state index contributed by atoms with van der Waals surface area (Å²) in [5.41, 5.74) is 1.99. The van der Waals surface area contributed by atoms with Crippen LogP contribution in [0.2, 0.25) is 0 Å². The Kier molecular flexibility index (Phi) is 5.98. The number of hydrogen-bond acceptors (Lipinski definition) is 7. The molecule has 27 heavy (non-hydrogen) atoms. The SMILES string of the molecule is COc1ccc(OCCOC(=O)Cn2nnc(-c3ccc(C)cc3)n2)cc1. The van der Waals surface area contributed by atoms with E-state index in [0.29, 0.717) is 11.6 Å². The molecule has 2 aromatic carbocycles. The number of methoxy groups -OCH3 is 1. The molecule has 0 saturated heterocycles. The highest BCUT2D eigenvalue weighted by atomic mass is 16.6. The van der Waals surface area contributed by atoms with Crippen molar-refractivity contribution in [2.45, 2.75) is 13.5 Å². The first-order chi connectivity index (χ1) is 13.1. The molecule has 0 unspecified atom stereocenters. The van der Waals surface area contributed by atoms with Crippen molar-refractivity contribution in [3.8, 4) is 22.9 Å². The molecule has 140 valence electrons. The maximum absolute atomic E-state index is 11.9. The third-order valence-electron chi connectivity index (χ3n) is 3.71. The van der Waals surface area contributed by atoms with Crippen molar-refractivity contribution in [3.63, 3.8) is 0 Å². The van der Waals surface area contributed by atoms with Gasteiger partial charge < -0.3 is 14.2 Å². The van der Waals surface area contributed by atoms with E-state index in [1.165, 1.54) is 4.80 Å². The standard InChI is InChI=1S/C19H20N4O4/c1-14-3-5-15(6-4-14)19-20-22-23(21-19)13-18(24)27-12-11-26-17-9-7-16(25-2)8-10-17/h3-10H,11-13H2,1-2H3. The molecule has 0 amide bonds. The van der Waals surface area contributed by atoms with Crippen molar-refractivity contribution < 1.29 is 19.0 Å². The molecule has 0 radical (unpaired) electrons. The van der Waals surface area contributed by atoms with Crippen LogP contribution < -0.4 is 9.47 Å². The van der Waals surface area contributed by atoms with Crippen LogP contribution in [0, 0.1) is 6.92 Å². The van der Waals surface area contributed by atoms with Crippen LogP contribution in [-0.4, -0.2) is 46.5 Å². The van der Waals surface area contributed by atoms with Gasteiger partial charge in [0, 0.05) is 5.56 Å². The largest absolute Gasteiger partial charge is 0.497 e. The molecular formula is C19H20N4O4. The van der Waals surface area contributed by atoms with Crippen molar-refractivity contribution in [2.24, 2.45) is 0 Å². The van der Waals surface area contributed by atoms with Gasteiger partial charge in [0.15, 0.2) is 6.54 Å². The molecule has 3 rings (SSSR count). The molecule has 0 atom stereocenters. The summed E-state index contributed by atoms with van der Waals surface area (Å²) >= 11 is 0. The lowest BCUT2D eigenvalue weighted by Gasteiger charge is -2.07. The Morgan fingerprint density at radius 1 is 1.00 bits per heavy atom. The summed E-state index contributed by atoms with van der Waals surface area (Å²) in [6.45, 7) is 2.27. The van der Waals surface area contributed by atoms with Crippen LogP contribution >= 0.6 is 0 Å². The number of rotatable bonds is 8. The molecule has 8 nitrogen and oxygen atoms in total. The van der Waals surface area contributed by atoms with E-state index in [1.807, 2.05) is 31.2 Å². The highest BCUT2D eigenvalue weighted by Crippen LogP contribution is 2.17. The van der Waals surface area contributed by atoms with E-state index < -0.39 is 5.97 Å². The Morgan fingerprint density at radius 3 is 2.41 bits per heavy atom. The van der Waals surface area contributed by atoms with Crippen molar-refractivity contribution in [1.29, 1.82) is 0 Å². The number of hydrogen-bond donors (Lipinski definition) is 0. The molecule has 0 saturated carbocycles. The molecule has 0 aliphatic heterocycles. The number of aryl methyl sites for hydroxylation is 1. The van der Waals surface area contributed by atoms with Crippen LogP contribution in [0.15, 0.2) is 48.5 Å². The fraction of sp³-hybridized carbons (Fsp3) is 0.263. The van der Waals surface area contributed by atoms with Gasteiger partial charge in [-0.05, 0) is 36.4 Å². The average molecular weight is 368 g/mol. The zero-order chi connectivity index (χ0) is 19.1. The topological polar surface area (TPSA) is 88.4 Å². The predicted octanol–water partition coefficient (Wildman–Crippen LogP) is 2.28. The summed E-state index contributed by atoms with van der Waals surface area (Å²) in [6, 6.07) is 14.9. The van der Waals surface area contributed by atoms with Gasteiger partial charge in [0.25, 0.3) is 0 Å². The van der Waals surface area contributed by atoms with Crippen LogP contribution in [0.3, 0.4) is 0 Å². The van der Waals surface area contributed by atoms with Gasteiger partial charge in [0.05, 0.1) is 7.11 Å². The van der Waals surface area contributed by atoms with E-state index in [2.05, 4.69) is 15.4 Å². The maximum atomic E-state index is 11.9. The minimum absolute atomic E-state index is 0.110. The minimum atomic E-state index is -0.457. The minimum Gasteiger partial charge on any atom is -0.497 e. The summed E-state index contributed by atoms with van der Waals surface area (Å²) in [5.74, 6) is 1.43. The second-order valence-corrected chi connectivity index (χ2v) is 5.75. The van der Waals surface area contributed by atoms with Gasteiger partial charge >= 0.3 is 5.97 Å². The maximum Gasteiger partial charge on any atom is 0.329 e. The first-order valence-electron chi connectivity index (χ1n) is 8.41. The van der Waals surface area contributed by atoms with Gasteiger partial charge in [-0.15, -0.1) is 10.2 Å². The number of benzene rings is 2. The highest BCUT2D eigenvalue weighted by Gasteiger charge is 2.10. The zero-order valence-corrected chi connectivity index (χ0v) is 15.2. The van der Waals surface area contributed by atoms with Crippen molar-refractivity contribution in [2.75, 3.05) is 20.3 Å². The van der Waals surface area contributed by atoms with Gasteiger partial charge in [-0.2, -0.15) is 4.80 Å². The van der Waals surface area contributed by atoms with Crippen LogP contribution in [0.5, 0.6) is 11.5 Å². The molecule has 3 aromatic rings. The average Bonchev–Trinajstić information content (AvgIpc) is 3.14. The molecule has 1 heterocycles. The highest BCUT2D eigenvalue weighted by molar-refractivity contribution is 5.68. The lowest BCUT2D eigenvalue weighted by atomic mass is 10.1. The van der Waals surface area contributed by atoms with Gasteiger partial charge in [0.2, 0.25) is 5.82 Å². The lowest BCUT2D eigenvalue weighted by Crippen LogP contribution is -2.18. The normalized spacial score (nSPS) is 10.4. The second-order valence-electron chi connectivity index (χ2n) is 5.75. The van der Waals surface area contributed by atoms with Gasteiger partial charge in [0.1, 0.15) is 24.7 Å². The lowest BCUT2D eigenvalue weighted by molar-refractivity contribution is -0.145. The summed E-state index contributed by atoms with van der Waals surface area (Å²) in [4.78, 5) is 13.1. The molecule has 0 aliphatic carbocycles.